The van der Waals surface area contributed by atoms with Crippen molar-refractivity contribution in [2.75, 3.05) is 11.5 Å². The molecule has 30 heavy (non-hydrogen) atoms. The monoisotopic (exact) mass is 507 g/mol. The first-order valence-electron chi connectivity index (χ1n) is 8.39. The fraction of sp³-hybridized carbons (Fsp3) is 0.100. The Bertz CT molecular complexity index is 1130. The molecule has 0 atom stereocenters. The standard InChI is InChI=1S/C20H12BrCl2N3O4/c1-10-6-12(2-3-14(10)21)26-19(28)13(18(27)25-20(26)29)7-11-8-15(22)17(16(23)9-11)30-5-4-24/h2-3,6-9H,5H2,1H3,(H,25,27,29)/b13-7+. The van der Waals surface area contributed by atoms with E-state index in [0.29, 0.717) is 11.3 Å². The van der Waals surface area contributed by atoms with E-state index in [1.165, 1.54) is 18.2 Å². The fourth-order valence-electron chi connectivity index (χ4n) is 2.73. The first-order valence-corrected chi connectivity index (χ1v) is 9.94. The third-order valence-electron chi connectivity index (χ3n) is 4.11. The number of hydrogen-bond donors (Lipinski definition) is 1. The first kappa shape index (κ1) is 21.8. The van der Waals surface area contributed by atoms with Crippen LogP contribution in [0.2, 0.25) is 10.0 Å². The maximum atomic E-state index is 13.0. The number of anilines is 1. The molecule has 1 aliphatic rings. The number of urea groups is 1. The molecule has 2 aromatic rings. The molecule has 1 N–H and O–H groups in total. The Morgan fingerprint density at radius 2 is 1.87 bits per heavy atom. The van der Waals surface area contributed by atoms with E-state index in [1.807, 2.05) is 6.92 Å². The number of barbiturate groups is 1. The molecule has 1 fully saturated rings. The second kappa shape index (κ2) is 8.88. The van der Waals surface area contributed by atoms with Gasteiger partial charge in [0, 0.05) is 4.47 Å². The third kappa shape index (κ3) is 4.33. The van der Waals surface area contributed by atoms with Gasteiger partial charge in [-0.2, -0.15) is 5.26 Å². The number of carbonyl (C=O) groups is 3. The lowest BCUT2D eigenvalue weighted by molar-refractivity contribution is -0.122. The summed E-state index contributed by atoms with van der Waals surface area (Å²) in [5.74, 6) is -1.52. The first-order chi connectivity index (χ1) is 14.2. The molecule has 4 amide bonds. The SMILES string of the molecule is Cc1cc(N2C(=O)NC(=O)/C(=C\c3cc(Cl)c(OCC#N)c(Cl)c3)C2=O)ccc1Br. The summed E-state index contributed by atoms with van der Waals surface area (Å²) < 4.78 is 5.98. The van der Waals surface area contributed by atoms with Gasteiger partial charge in [0.05, 0.1) is 15.7 Å². The van der Waals surface area contributed by atoms with Gasteiger partial charge in [0.25, 0.3) is 11.8 Å². The molecule has 10 heteroatoms. The van der Waals surface area contributed by atoms with E-state index in [-0.39, 0.29) is 28.0 Å². The Hall–Kier alpha value is -2.86. The lowest BCUT2D eigenvalue weighted by Gasteiger charge is -2.26. The van der Waals surface area contributed by atoms with Crippen molar-refractivity contribution in [1.82, 2.24) is 5.32 Å². The Morgan fingerprint density at radius 3 is 2.47 bits per heavy atom. The minimum atomic E-state index is -0.847. The van der Waals surface area contributed by atoms with Gasteiger partial charge in [-0.1, -0.05) is 39.1 Å². The Kier molecular flexibility index (Phi) is 6.46. The summed E-state index contributed by atoms with van der Waals surface area (Å²) in [6, 6.07) is 8.74. The van der Waals surface area contributed by atoms with Crippen molar-refractivity contribution in [3.63, 3.8) is 0 Å². The second-order valence-corrected chi connectivity index (χ2v) is 7.82. The van der Waals surface area contributed by atoms with Crippen molar-refractivity contribution in [2.24, 2.45) is 0 Å². The van der Waals surface area contributed by atoms with Crippen LogP contribution in [0, 0.1) is 18.3 Å². The van der Waals surface area contributed by atoms with Crippen LogP contribution >= 0.6 is 39.1 Å². The molecule has 1 aliphatic heterocycles. The van der Waals surface area contributed by atoms with E-state index in [9.17, 15) is 14.4 Å². The van der Waals surface area contributed by atoms with Crippen molar-refractivity contribution in [3.05, 3.63) is 61.5 Å². The normalized spacial score (nSPS) is 15.2. The fourth-order valence-corrected chi connectivity index (χ4v) is 3.59. The number of nitrogens with one attached hydrogen (secondary N) is 1. The topological polar surface area (TPSA) is 99.5 Å². The van der Waals surface area contributed by atoms with Gasteiger partial charge in [-0.3, -0.25) is 14.9 Å². The van der Waals surface area contributed by atoms with Gasteiger partial charge >= 0.3 is 6.03 Å². The molecule has 0 radical (unpaired) electrons. The lowest BCUT2D eigenvalue weighted by atomic mass is 10.1. The van der Waals surface area contributed by atoms with E-state index in [2.05, 4.69) is 21.2 Å². The molecule has 1 saturated heterocycles. The summed E-state index contributed by atoms with van der Waals surface area (Å²) in [5.41, 5.74) is 1.19. The summed E-state index contributed by atoms with van der Waals surface area (Å²) in [6.07, 6.45) is 1.27. The highest BCUT2D eigenvalue weighted by Gasteiger charge is 2.37. The zero-order chi connectivity index (χ0) is 22.0. The molecule has 0 unspecified atom stereocenters. The zero-order valence-electron chi connectivity index (χ0n) is 15.3. The minimum absolute atomic E-state index is 0.102. The van der Waals surface area contributed by atoms with Crippen LogP contribution in [0.1, 0.15) is 11.1 Å². The number of amides is 4. The van der Waals surface area contributed by atoms with Crippen LogP contribution in [-0.4, -0.2) is 24.5 Å². The van der Waals surface area contributed by atoms with Crippen molar-refractivity contribution in [2.45, 2.75) is 6.92 Å². The van der Waals surface area contributed by atoms with Gasteiger partial charge in [-0.25, -0.2) is 9.69 Å². The molecule has 0 aliphatic carbocycles. The van der Waals surface area contributed by atoms with Crippen LogP contribution in [0.5, 0.6) is 5.75 Å². The maximum absolute atomic E-state index is 13.0. The van der Waals surface area contributed by atoms with Gasteiger partial charge in [0.2, 0.25) is 0 Å². The van der Waals surface area contributed by atoms with Gasteiger partial charge in [0.15, 0.2) is 12.4 Å². The molecule has 0 spiro atoms. The molecular weight excluding hydrogens is 497 g/mol. The largest absolute Gasteiger partial charge is 0.476 e. The molecule has 3 rings (SSSR count). The molecule has 0 aromatic heterocycles. The number of nitriles is 1. The number of imide groups is 2. The number of nitrogens with zero attached hydrogens (tertiary/aromatic N) is 2. The number of ether oxygens (including phenoxy) is 1. The molecule has 0 bridgehead atoms. The number of halogens is 3. The Morgan fingerprint density at radius 1 is 1.20 bits per heavy atom. The number of aryl methyl sites for hydroxylation is 1. The van der Waals surface area contributed by atoms with Crippen molar-refractivity contribution in [3.8, 4) is 11.8 Å². The summed E-state index contributed by atoms with van der Waals surface area (Å²) in [5, 5.41) is 11.0. The number of benzene rings is 2. The maximum Gasteiger partial charge on any atom is 0.335 e. The smallest absolute Gasteiger partial charge is 0.335 e. The summed E-state index contributed by atoms with van der Waals surface area (Å²) in [7, 11) is 0. The molecule has 152 valence electrons. The predicted molar refractivity (Wildman–Crippen MR) is 115 cm³/mol. The summed E-state index contributed by atoms with van der Waals surface area (Å²) in [4.78, 5) is 38.5. The predicted octanol–water partition coefficient (Wildman–Crippen LogP) is 4.63. The van der Waals surface area contributed by atoms with E-state index in [0.717, 1.165) is 14.9 Å². The highest BCUT2D eigenvalue weighted by atomic mass is 79.9. The van der Waals surface area contributed by atoms with Gasteiger partial charge in [0.1, 0.15) is 11.6 Å². The highest BCUT2D eigenvalue weighted by molar-refractivity contribution is 9.10. The number of rotatable bonds is 4. The van der Waals surface area contributed by atoms with E-state index < -0.39 is 17.8 Å². The van der Waals surface area contributed by atoms with Gasteiger partial charge in [-0.05, 0) is 54.5 Å². The van der Waals surface area contributed by atoms with Crippen molar-refractivity contribution < 1.29 is 19.1 Å². The van der Waals surface area contributed by atoms with Crippen LogP contribution in [0.25, 0.3) is 6.08 Å². The van der Waals surface area contributed by atoms with E-state index in [4.69, 9.17) is 33.2 Å². The molecular formula is C20H12BrCl2N3O4. The minimum Gasteiger partial charge on any atom is -0.476 e. The molecule has 1 heterocycles. The zero-order valence-corrected chi connectivity index (χ0v) is 18.4. The van der Waals surface area contributed by atoms with Gasteiger partial charge < -0.3 is 4.74 Å². The van der Waals surface area contributed by atoms with Crippen LogP contribution in [-0.2, 0) is 9.59 Å². The molecule has 7 nitrogen and oxygen atoms in total. The second-order valence-electron chi connectivity index (χ2n) is 6.15. The van der Waals surface area contributed by atoms with Crippen LogP contribution < -0.4 is 15.0 Å². The summed E-state index contributed by atoms with van der Waals surface area (Å²) >= 11 is 15.6. The van der Waals surface area contributed by atoms with Crippen LogP contribution in [0.15, 0.2) is 40.4 Å². The van der Waals surface area contributed by atoms with Crippen molar-refractivity contribution in [1.29, 1.82) is 5.26 Å². The van der Waals surface area contributed by atoms with Crippen molar-refractivity contribution >= 4 is 68.7 Å². The van der Waals surface area contributed by atoms with Gasteiger partial charge in [-0.15, -0.1) is 0 Å². The van der Waals surface area contributed by atoms with E-state index >= 15 is 0 Å². The van der Waals surface area contributed by atoms with E-state index in [1.54, 1.807) is 24.3 Å². The summed E-state index contributed by atoms with van der Waals surface area (Å²) in [6.45, 7) is 1.56. The highest BCUT2D eigenvalue weighted by Crippen LogP contribution is 2.35. The van der Waals surface area contributed by atoms with Crippen LogP contribution in [0.3, 0.4) is 0 Å². The molecule has 2 aromatic carbocycles. The Balaban J connectivity index is 2.00. The molecule has 0 saturated carbocycles. The Labute approximate surface area is 189 Å². The van der Waals surface area contributed by atoms with Crippen LogP contribution in [0.4, 0.5) is 10.5 Å². The lowest BCUT2D eigenvalue weighted by Crippen LogP contribution is -2.54. The number of hydrogen-bond acceptors (Lipinski definition) is 5. The average molecular weight is 509 g/mol. The quantitative estimate of drug-likeness (QED) is 0.479. The third-order valence-corrected chi connectivity index (χ3v) is 5.57. The average Bonchev–Trinajstić information content (AvgIpc) is 2.67. The number of carbonyl (C=O) groups excluding carboxylic acids is 3.